The third kappa shape index (κ3) is 3.32. The topological polar surface area (TPSA) is 55.6 Å². The maximum Gasteiger partial charge on any atom is 0.137 e. The molecule has 0 unspecified atom stereocenters. The molecule has 10 rings (SSSR count). The molecule has 4 heterocycles. The third-order valence-corrected chi connectivity index (χ3v) is 8.71. The monoisotopic (exact) mass is 566 g/mol. The van der Waals surface area contributed by atoms with Gasteiger partial charge in [-0.05, 0) is 78.2 Å². The molecule has 0 saturated carbocycles. The van der Waals surface area contributed by atoms with Gasteiger partial charge in [0.1, 0.15) is 33.5 Å². The predicted octanol–water partition coefficient (Wildman–Crippen LogP) is 11.4. The average molecular weight is 567 g/mol. The Kier molecular flexibility index (Phi) is 4.66. The van der Waals surface area contributed by atoms with Crippen molar-refractivity contribution in [2.24, 2.45) is 0 Å². The number of anilines is 3. The highest BCUT2D eigenvalue weighted by atomic mass is 16.3. The Morgan fingerprint density at radius 2 is 1.09 bits per heavy atom. The normalized spacial score (nSPS) is 12.1. The molecule has 0 aliphatic rings. The molecule has 0 fully saturated rings. The van der Waals surface area contributed by atoms with Crippen molar-refractivity contribution in [3.05, 3.63) is 134 Å². The zero-order valence-electron chi connectivity index (χ0n) is 23.3. The molecule has 44 heavy (non-hydrogen) atoms. The summed E-state index contributed by atoms with van der Waals surface area (Å²) in [4.78, 5) is 6.66. The first-order valence-electron chi connectivity index (χ1n) is 14.6. The molecule has 206 valence electrons. The van der Waals surface area contributed by atoms with E-state index in [1.165, 1.54) is 0 Å². The summed E-state index contributed by atoms with van der Waals surface area (Å²) >= 11 is 0. The van der Waals surface area contributed by atoms with Gasteiger partial charge in [0.2, 0.25) is 0 Å². The summed E-state index contributed by atoms with van der Waals surface area (Å²) in [6.07, 6.45) is 3.72. The first-order chi connectivity index (χ1) is 21.8. The van der Waals surface area contributed by atoms with Crippen LogP contribution < -0.4 is 4.90 Å². The van der Waals surface area contributed by atoms with Crippen LogP contribution >= 0.6 is 0 Å². The Morgan fingerprint density at radius 1 is 0.432 bits per heavy atom. The van der Waals surface area contributed by atoms with Gasteiger partial charge in [0.25, 0.3) is 0 Å². The van der Waals surface area contributed by atoms with E-state index in [1.54, 1.807) is 0 Å². The summed E-state index contributed by atoms with van der Waals surface area (Å²) in [6, 6.07) is 41.8. The van der Waals surface area contributed by atoms with Crippen LogP contribution in [-0.2, 0) is 0 Å². The summed E-state index contributed by atoms with van der Waals surface area (Å²) in [5.74, 6) is 0. The SMILES string of the molecule is c1ccc2c(c1)oc1cc(N(c3ccc4oc5ccccc5c4c3)c3cccc4oc5cc6ccncc6cc5c34)ccc12. The number of pyridine rings is 1. The zero-order valence-corrected chi connectivity index (χ0v) is 23.3. The second-order valence-corrected chi connectivity index (χ2v) is 11.2. The minimum atomic E-state index is 0.824. The van der Waals surface area contributed by atoms with Gasteiger partial charge in [-0.15, -0.1) is 0 Å². The number of hydrogen-bond donors (Lipinski definition) is 0. The van der Waals surface area contributed by atoms with Crippen molar-refractivity contribution in [1.82, 2.24) is 4.98 Å². The smallest absolute Gasteiger partial charge is 0.137 e. The minimum Gasteiger partial charge on any atom is -0.456 e. The lowest BCUT2D eigenvalue weighted by atomic mass is 10.0. The number of nitrogens with zero attached hydrogens (tertiary/aromatic N) is 2. The standard InChI is InChI=1S/C39H22N2O3/c1-3-9-33-27(6-1)29-14-12-26(21-38(29)43-33)41(25-13-15-35-30(20-25)28-7-2-4-10-34(28)42-35)32-8-5-11-36-39(32)31-18-24-22-40-17-16-23(24)19-37(31)44-36/h1-22H. The molecule has 0 atom stereocenters. The van der Waals surface area contributed by atoms with Crippen molar-refractivity contribution in [2.45, 2.75) is 0 Å². The van der Waals surface area contributed by atoms with Gasteiger partial charge in [-0.2, -0.15) is 0 Å². The number of para-hydroxylation sites is 2. The molecule has 5 heteroatoms. The quantitative estimate of drug-likeness (QED) is 0.213. The lowest BCUT2D eigenvalue weighted by Crippen LogP contribution is -2.10. The molecular formula is C39H22N2O3. The van der Waals surface area contributed by atoms with Crippen LogP contribution in [0.15, 0.2) is 147 Å². The van der Waals surface area contributed by atoms with Crippen LogP contribution in [0.25, 0.3) is 76.6 Å². The van der Waals surface area contributed by atoms with Gasteiger partial charge in [0.15, 0.2) is 0 Å². The van der Waals surface area contributed by atoms with E-state index in [4.69, 9.17) is 13.3 Å². The second-order valence-electron chi connectivity index (χ2n) is 11.2. The Hall–Kier alpha value is -6.07. The van der Waals surface area contributed by atoms with Crippen LogP contribution in [0.1, 0.15) is 0 Å². The highest BCUT2D eigenvalue weighted by molar-refractivity contribution is 6.17. The molecule has 0 saturated heterocycles. The van der Waals surface area contributed by atoms with Gasteiger partial charge in [-0.25, -0.2) is 0 Å². The Morgan fingerprint density at radius 3 is 1.98 bits per heavy atom. The van der Waals surface area contributed by atoms with E-state index in [9.17, 15) is 0 Å². The predicted molar refractivity (Wildman–Crippen MR) is 178 cm³/mol. The van der Waals surface area contributed by atoms with Crippen LogP contribution in [0.3, 0.4) is 0 Å². The molecule has 0 radical (unpaired) electrons. The van der Waals surface area contributed by atoms with Crippen LogP contribution in [0.4, 0.5) is 17.1 Å². The van der Waals surface area contributed by atoms with Gasteiger partial charge >= 0.3 is 0 Å². The fourth-order valence-electron chi connectivity index (χ4n) is 6.71. The van der Waals surface area contributed by atoms with Crippen LogP contribution in [0.2, 0.25) is 0 Å². The largest absolute Gasteiger partial charge is 0.456 e. The van der Waals surface area contributed by atoms with Gasteiger partial charge in [-0.3, -0.25) is 4.98 Å². The number of aromatic nitrogens is 1. The summed E-state index contributed by atoms with van der Waals surface area (Å²) in [7, 11) is 0. The van der Waals surface area contributed by atoms with Crippen molar-refractivity contribution in [1.29, 1.82) is 0 Å². The fourth-order valence-corrected chi connectivity index (χ4v) is 6.71. The van der Waals surface area contributed by atoms with Crippen molar-refractivity contribution >= 4 is 93.7 Å². The summed E-state index contributed by atoms with van der Waals surface area (Å²) in [6.45, 7) is 0. The second kappa shape index (κ2) is 8.72. The van der Waals surface area contributed by atoms with E-state index in [-0.39, 0.29) is 0 Å². The van der Waals surface area contributed by atoms with Gasteiger partial charge in [0.05, 0.1) is 11.1 Å². The number of hydrogen-bond acceptors (Lipinski definition) is 5. The van der Waals surface area contributed by atoms with Crippen LogP contribution in [0.5, 0.6) is 0 Å². The molecule has 0 amide bonds. The van der Waals surface area contributed by atoms with Gasteiger partial charge in [-0.1, -0.05) is 42.5 Å². The van der Waals surface area contributed by atoms with Gasteiger partial charge < -0.3 is 18.2 Å². The van der Waals surface area contributed by atoms with Gasteiger partial charge in [0, 0.05) is 62.2 Å². The van der Waals surface area contributed by atoms with E-state index < -0.39 is 0 Å². The number of rotatable bonds is 3. The highest BCUT2D eigenvalue weighted by Crippen LogP contribution is 2.46. The molecule has 0 aliphatic heterocycles. The molecular weight excluding hydrogens is 544 g/mol. The maximum absolute atomic E-state index is 6.47. The van der Waals surface area contributed by atoms with E-state index in [0.717, 1.165) is 93.7 Å². The Labute approximate surface area is 250 Å². The summed E-state index contributed by atoms with van der Waals surface area (Å²) in [5.41, 5.74) is 8.10. The highest BCUT2D eigenvalue weighted by Gasteiger charge is 2.22. The lowest BCUT2D eigenvalue weighted by Gasteiger charge is -2.26. The first-order valence-corrected chi connectivity index (χ1v) is 14.6. The maximum atomic E-state index is 6.47. The van der Waals surface area contributed by atoms with Crippen molar-refractivity contribution in [3.63, 3.8) is 0 Å². The zero-order chi connectivity index (χ0) is 28.8. The van der Waals surface area contributed by atoms with E-state index in [0.29, 0.717) is 0 Å². The Balaban J connectivity index is 1.29. The average Bonchev–Trinajstić information content (AvgIpc) is 3.74. The molecule has 0 bridgehead atoms. The first kappa shape index (κ1) is 23.5. The summed E-state index contributed by atoms with van der Waals surface area (Å²) < 4.78 is 19.0. The molecule has 10 aromatic rings. The molecule has 0 N–H and O–H groups in total. The van der Waals surface area contributed by atoms with Crippen LogP contribution in [-0.4, -0.2) is 4.98 Å². The molecule has 0 spiro atoms. The summed E-state index contributed by atoms with van der Waals surface area (Å²) in [5, 5.41) is 8.59. The van der Waals surface area contributed by atoms with E-state index in [1.807, 2.05) is 54.9 Å². The van der Waals surface area contributed by atoms with Crippen molar-refractivity contribution in [2.75, 3.05) is 4.90 Å². The van der Waals surface area contributed by atoms with Crippen molar-refractivity contribution < 1.29 is 13.3 Å². The number of benzene rings is 6. The molecule has 6 aromatic carbocycles. The third-order valence-electron chi connectivity index (χ3n) is 8.71. The number of furan rings is 3. The lowest BCUT2D eigenvalue weighted by molar-refractivity contribution is 0.668. The molecule has 5 nitrogen and oxygen atoms in total. The Bertz CT molecular complexity index is 2750. The fraction of sp³-hybridized carbons (Fsp3) is 0. The molecule has 0 aliphatic carbocycles. The molecule has 4 aromatic heterocycles. The van der Waals surface area contributed by atoms with E-state index >= 15 is 0 Å². The van der Waals surface area contributed by atoms with E-state index in [2.05, 4.69) is 88.7 Å². The van der Waals surface area contributed by atoms with Crippen molar-refractivity contribution in [3.8, 4) is 0 Å². The van der Waals surface area contributed by atoms with Crippen LogP contribution in [0, 0.1) is 0 Å². The minimum absolute atomic E-state index is 0.824. The number of fused-ring (bicyclic) bond motifs is 10.